The molecule has 0 saturated heterocycles. The van der Waals surface area contributed by atoms with E-state index >= 15 is 0 Å². The fourth-order valence-corrected chi connectivity index (χ4v) is 2.17. The summed E-state index contributed by atoms with van der Waals surface area (Å²) in [5.74, 6) is -0.231. The van der Waals surface area contributed by atoms with Gasteiger partial charge in [-0.25, -0.2) is 4.39 Å². The van der Waals surface area contributed by atoms with Crippen LogP contribution in [0, 0.1) is 17.1 Å². The first-order chi connectivity index (χ1) is 9.58. The lowest BCUT2D eigenvalue weighted by Crippen LogP contribution is -2.18. The Morgan fingerprint density at radius 2 is 1.95 bits per heavy atom. The molecular weight excluding hydrogens is 275 g/mol. The Morgan fingerprint density at radius 3 is 2.60 bits per heavy atom. The van der Waals surface area contributed by atoms with Crippen LogP contribution in [0.5, 0.6) is 0 Å². The van der Waals surface area contributed by atoms with E-state index in [0.29, 0.717) is 10.6 Å². The van der Waals surface area contributed by atoms with E-state index in [1.807, 2.05) is 13.0 Å². The van der Waals surface area contributed by atoms with Crippen molar-refractivity contribution in [1.29, 1.82) is 5.26 Å². The van der Waals surface area contributed by atoms with Gasteiger partial charge in [-0.1, -0.05) is 23.7 Å². The van der Waals surface area contributed by atoms with Gasteiger partial charge in [0.1, 0.15) is 11.9 Å². The summed E-state index contributed by atoms with van der Waals surface area (Å²) in [6.07, 6.45) is 0.769. The van der Waals surface area contributed by atoms with Crippen molar-refractivity contribution in [2.24, 2.45) is 0 Å². The second kappa shape index (κ2) is 6.40. The lowest BCUT2D eigenvalue weighted by Gasteiger charge is -2.15. The molecule has 2 aromatic rings. The van der Waals surface area contributed by atoms with E-state index in [9.17, 15) is 4.39 Å². The van der Waals surface area contributed by atoms with E-state index in [-0.39, 0.29) is 11.9 Å². The van der Waals surface area contributed by atoms with Crippen molar-refractivity contribution in [2.45, 2.75) is 19.4 Å². The van der Waals surface area contributed by atoms with Crippen LogP contribution in [-0.2, 0) is 6.42 Å². The molecule has 0 bridgehead atoms. The normalized spacial score (nSPS) is 11.7. The molecule has 2 nitrogen and oxygen atoms in total. The van der Waals surface area contributed by atoms with E-state index in [1.165, 1.54) is 12.1 Å². The molecule has 0 amide bonds. The van der Waals surface area contributed by atoms with Crippen molar-refractivity contribution >= 4 is 17.3 Å². The minimum Gasteiger partial charge on any atom is -0.382 e. The summed E-state index contributed by atoms with van der Waals surface area (Å²) in [6, 6.07) is 13.9. The summed E-state index contributed by atoms with van der Waals surface area (Å²) in [5.41, 5.74) is 2.35. The molecule has 0 fully saturated rings. The fourth-order valence-electron chi connectivity index (χ4n) is 2.01. The Hall–Kier alpha value is -2.05. The molecule has 2 rings (SSSR count). The van der Waals surface area contributed by atoms with Crippen molar-refractivity contribution in [2.75, 3.05) is 5.32 Å². The van der Waals surface area contributed by atoms with E-state index < -0.39 is 0 Å². The summed E-state index contributed by atoms with van der Waals surface area (Å²) < 4.78 is 12.8. The molecule has 1 unspecified atom stereocenters. The van der Waals surface area contributed by atoms with Crippen LogP contribution in [0.4, 0.5) is 10.1 Å². The zero-order chi connectivity index (χ0) is 14.5. The van der Waals surface area contributed by atoms with Gasteiger partial charge in [0.05, 0.1) is 10.6 Å². The first kappa shape index (κ1) is 14.4. The summed E-state index contributed by atoms with van der Waals surface area (Å²) in [7, 11) is 0. The van der Waals surface area contributed by atoms with Gasteiger partial charge >= 0.3 is 0 Å². The number of nitrogens with one attached hydrogen (secondary N) is 1. The number of hydrogen-bond donors (Lipinski definition) is 1. The third kappa shape index (κ3) is 3.72. The number of nitrogens with zero attached hydrogens (tertiary/aromatic N) is 1. The maximum Gasteiger partial charge on any atom is 0.123 e. The Kier molecular flexibility index (Phi) is 4.60. The van der Waals surface area contributed by atoms with Gasteiger partial charge < -0.3 is 5.32 Å². The Morgan fingerprint density at radius 1 is 1.25 bits per heavy atom. The number of hydrogen-bond acceptors (Lipinski definition) is 2. The highest BCUT2D eigenvalue weighted by Crippen LogP contribution is 2.20. The minimum atomic E-state index is -0.231. The molecule has 20 heavy (non-hydrogen) atoms. The van der Waals surface area contributed by atoms with Crippen LogP contribution in [-0.4, -0.2) is 6.04 Å². The highest BCUT2D eigenvalue weighted by molar-refractivity contribution is 6.31. The lowest BCUT2D eigenvalue weighted by atomic mass is 10.1. The van der Waals surface area contributed by atoms with Gasteiger partial charge in [-0.3, -0.25) is 0 Å². The van der Waals surface area contributed by atoms with Gasteiger partial charge in [0.2, 0.25) is 0 Å². The molecule has 4 heteroatoms. The molecule has 0 saturated carbocycles. The van der Waals surface area contributed by atoms with Gasteiger partial charge in [0, 0.05) is 11.7 Å². The zero-order valence-corrected chi connectivity index (χ0v) is 11.8. The largest absolute Gasteiger partial charge is 0.382 e. The molecule has 102 valence electrons. The van der Waals surface area contributed by atoms with E-state index in [1.54, 1.807) is 24.3 Å². The minimum absolute atomic E-state index is 0.160. The molecule has 0 radical (unpaired) electrons. The van der Waals surface area contributed by atoms with Crippen LogP contribution in [0.25, 0.3) is 0 Å². The van der Waals surface area contributed by atoms with Crippen molar-refractivity contribution in [1.82, 2.24) is 0 Å². The summed E-state index contributed by atoms with van der Waals surface area (Å²) >= 11 is 5.89. The second-order valence-electron chi connectivity index (χ2n) is 4.68. The number of halogens is 2. The fraction of sp³-hybridized carbons (Fsp3) is 0.188. The maximum atomic E-state index is 12.8. The number of nitriles is 1. The molecule has 0 spiro atoms. The smallest absolute Gasteiger partial charge is 0.123 e. The van der Waals surface area contributed by atoms with Crippen molar-refractivity contribution in [3.63, 3.8) is 0 Å². The summed E-state index contributed by atoms with van der Waals surface area (Å²) in [4.78, 5) is 0. The van der Waals surface area contributed by atoms with Crippen LogP contribution in [0.15, 0.2) is 42.5 Å². The quantitative estimate of drug-likeness (QED) is 0.905. The molecule has 0 aliphatic rings. The predicted octanol–water partition coefficient (Wildman–Crippen LogP) is 4.39. The third-order valence-electron chi connectivity index (χ3n) is 2.96. The molecule has 2 aromatic carbocycles. The molecule has 0 aliphatic carbocycles. The molecule has 0 heterocycles. The van der Waals surface area contributed by atoms with Gasteiger partial charge in [-0.2, -0.15) is 5.26 Å². The van der Waals surface area contributed by atoms with E-state index in [0.717, 1.165) is 17.7 Å². The average molecular weight is 289 g/mol. The van der Waals surface area contributed by atoms with Gasteiger partial charge in [0.15, 0.2) is 0 Å². The number of benzene rings is 2. The maximum absolute atomic E-state index is 12.8. The van der Waals surface area contributed by atoms with Crippen LogP contribution in [0.2, 0.25) is 5.02 Å². The van der Waals surface area contributed by atoms with Crippen LogP contribution >= 0.6 is 11.6 Å². The zero-order valence-electron chi connectivity index (χ0n) is 11.0. The summed E-state index contributed by atoms with van der Waals surface area (Å²) in [6.45, 7) is 2.03. The molecule has 0 aliphatic heterocycles. The highest BCUT2D eigenvalue weighted by Gasteiger charge is 2.06. The second-order valence-corrected chi connectivity index (χ2v) is 5.09. The topological polar surface area (TPSA) is 35.8 Å². The first-order valence-electron chi connectivity index (χ1n) is 6.29. The molecular formula is C16H14ClFN2. The van der Waals surface area contributed by atoms with Gasteiger partial charge in [-0.05, 0) is 49.2 Å². The standard InChI is InChI=1S/C16H14ClFN2/c1-11(8-12-2-4-14(18)5-3-12)20-15-6-7-16(17)13(9-15)10-19/h2-7,9,11,20H,8H2,1H3. The van der Waals surface area contributed by atoms with E-state index in [4.69, 9.17) is 16.9 Å². The van der Waals surface area contributed by atoms with Crippen molar-refractivity contribution < 1.29 is 4.39 Å². The van der Waals surface area contributed by atoms with Crippen LogP contribution in [0.3, 0.4) is 0 Å². The Bertz CT molecular complexity index is 632. The Balaban J connectivity index is 2.03. The van der Waals surface area contributed by atoms with E-state index in [2.05, 4.69) is 11.4 Å². The highest BCUT2D eigenvalue weighted by atomic mass is 35.5. The van der Waals surface area contributed by atoms with Crippen LogP contribution in [0.1, 0.15) is 18.1 Å². The van der Waals surface area contributed by atoms with Gasteiger partial charge in [-0.15, -0.1) is 0 Å². The van der Waals surface area contributed by atoms with Crippen LogP contribution < -0.4 is 5.32 Å². The monoisotopic (exact) mass is 288 g/mol. The third-order valence-corrected chi connectivity index (χ3v) is 3.28. The summed E-state index contributed by atoms with van der Waals surface area (Å²) in [5, 5.41) is 12.7. The SMILES string of the molecule is CC(Cc1ccc(F)cc1)Nc1ccc(Cl)c(C#N)c1. The number of rotatable bonds is 4. The van der Waals surface area contributed by atoms with Gasteiger partial charge in [0.25, 0.3) is 0 Å². The molecule has 0 aromatic heterocycles. The van der Waals surface area contributed by atoms with Crippen molar-refractivity contribution in [3.05, 3.63) is 64.4 Å². The predicted molar refractivity (Wildman–Crippen MR) is 79.4 cm³/mol. The average Bonchev–Trinajstić information content (AvgIpc) is 2.43. The van der Waals surface area contributed by atoms with Crippen molar-refractivity contribution in [3.8, 4) is 6.07 Å². The number of anilines is 1. The first-order valence-corrected chi connectivity index (χ1v) is 6.67. The molecule has 1 N–H and O–H groups in total. The lowest BCUT2D eigenvalue weighted by molar-refractivity contribution is 0.626. The molecule has 1 atom stereocenters. The Labute approximate surface area is 122 Å².